The van der Waals surface area contributed by atoms with Crippen LogP contribution in [0.1, 0.15) is 59.3 Å². The molecule has 180 valence electrons. The predicted molar refractivity (Wildman–Crippen MR) is 119 cm³/mol. The second-order valence-corrected chi connectivity index (χ2v) is 9.13. The number of amides is 3. The van der Waals surface area contributed by atoms with Crippen molar-refractivity contribution in [3.8, 4) is 0 Å². The van der Waals surface area contributed by atoms with Gasteiger partial charge in [-0.05, 0) is 46.2 Å². The van der Waals surface area contributed by atoms with Crippen LogP contribution in [0.4, 0.5) is 0 Å². The summed E-state index contributed by atoms with van der Waals surface area (Å²) in [6.07, 6.45) is 4.63. The number of likely N-dealkylation sites (tertiary alicyclic amines) is 1. The normalized spacial score (nSPS) is 17.1. The third-order valence-corrected chi connectivity index (χ3v) is 5.72. The highest BCUT2D eigenvalue weighted by molar-refractivity contribution is 5.91. The molecule has 0 saturated carbocycles. The van der Waals surface area contributed by atoms with Crippen LogP contribution in [0.3, 0.4) is 0 Å². The van der Waals surface area contributed by atoms with Crippen molar-refractivity contribution >= 4 is 17.7 Å². The fourth-order valence-electron chi connectivity index (χ4n) is 3.77. The van der Waals surface area contributed by atoms with Crippen LogP contribution >= 0.6 is 0 Å². The Kier molecular flexibility index (Phi) is 11.4. The fraction of sp³-hybridized carbons (Fsp3) is 0.864. The summed E-state index contributed by atoms with van der Waals surface area (Å²) in [7, 11) is 3.06. The molecule has 9 heteroatoms. The number of rotatable bonds is 13. The Hall–Kier alpha value is -1.71. The average Bonchev–Trinajstić information content (AvgIpc) is 2.70. The first-order chi connectivity index (χ1) is 14.5. The van der Waals surface area contributed by atoms with Gasteiger partial charge in [0, 0.05) is 33.5 Å². The number of aliphatic hydroxyl groups is 1. The standard InChI is InChI=1S/C22H42N4O5/c1-6-10-19(27)24(4)18(16-31-14-13-26-11-8-7-9-12-26)21(29)25(5)17(20(23)28)15-22(2,3)30/h17-18,30H,6-16H2,1-5H3,(H2,23,28)/t17-,18+/m0/s1. The van der Waals surface area contributed by atoms with E-state index in [1.54, 1.807) is 20.9 Å². The molecule has 0 aliphatic carbocycles. The summed E-state index contributed by atoms with van der Waals surface area (Å²) in [6.45, 7) is 8.41. The van der Waals surface area contributed by atoms with Crippen LogP contribution in [0.2, 0.25) is 0 Å². The summed E-state index contributed by atoms with van der Waals surface area (Å²) in [5.74, 6) is -1.30. The Morgan fingerprint density at radius 2 is 1.71 bits per heavy atom. The van der Waals surface area contributed by atoms with E-state index in [0.29, 0.717) is 19.4 Å². The highest BCUT2D eigenvalue weighted by Gasteiger charge is 2.36. The smallest absolute Gasteiger partial charge is 0.248 e. The Morgan fingerprint density at radius 3 is 2.23 bits per heavy atom. The minimum Gasteiger partial charge on any atom is -0.390 e. The van der Waals surface area contributed by atoms with E-state index in [1.807, 2.05) is 6.92 Å². The highest BCUT2D eigenvalue weighted by Crippen LogP contribution is 2.17. The van der Waals surface area contributed by atoms with Gasteiger partial charge in [-0.3, -0.25) is 14.4 Å². The van der Waals surface area contributed by atoms with Crippen LogP contribution in [-0.4, -0.2) is 102 Å². The lowest BCUT2D eigenvalue weighted by Crippen LogP contribution is -2.56. The molecule has 0 radical (unpaired) electrons. The molecule has 31 heavy (non-hydrogen) atoms. The fourth-order valence-corrected chi connectivity index (χ4v) is 3.77. The number of nitrogens with two attached hydrogens (primary N) is 1. The number of hydrogen-bond acceptors (Lipinski definition) is 6. The number of carbonyl (C=O) groups excluding carboxylic acids is 3. The molecule has 0 aromatic rings. The van der Waals surface area contributed by atoms with E-state index in [2.05, 4.69) is 4.90 Å². The molecule has 0 unspecified atom stereocenters. The summed E-state index contributed by atoms with van der Waals surface area (Å²) in [5.41, 5.74) is 4.33. The van der Waals surface area contributed by atoms with Crippen molar-refractivity contribution < 1.29 is 24.2 Å². The molecular formula is C22H42N4O5. The molecule has 0 bridgehead atoms. The maximum Gasteiger partial charge on any atom is 0.248 e. The summed E-state index contributed by atoms with van der Waals surface area (Å²) in [5, 5.41) is 10.1. The van der Waals surface area contributed by atoms with E-state index >= 15 is 0 Å². The summed E-state index contributed by atoms with van der Waals surface area (Å²) < 4.78 is 5.81. The molecule has 1 aliphatic heterocycles. The summed E-state index contributed by atoms with van der Waals surface area (Å²) >= 11 is 0. The van der Waals surface area contributed by atoms with Gasteiger partial charge in [-0.25, -0.2) is 0 Å². The number of primary amides is 1. The van der Waals surface area contributed by atoms with Crippen molar-refractivity contribution in [3.05, 3.63) is 0 Å². The maximum atomic E-state index is 13.3. The lowest BCUT2D eigenvalue weighted by Gasteiger charge is -2.35. The third-order valence-electron chi connectivity index (χ3n) is 5.72. The SMILES string of the molecule is CCCC(=O)N(C)[C@H](COCCN1CCCCC1)C(=O)N(C)[C@@H](CC(C)(C)O)C(N)=O. The number of ether oxygens (including phenoxy) is 1. The second-order valence-electron chi connectivity index (χ2n) is 9.13. The van der Waals surface area contributed by atoms with Crippen LogP contribution < -0.4 is 5.73 Å². The summed E-state index contributed by atoms with van der Waals surface area (Å²) in [6, 6.07) is -1.85. The van der Waals surface area contributed by atoms with E-state index in [9.17, 15) is 19.5 Å². The minimum absolute atomic E-state index is 0.000267. The van der Waals surface area contributed by atoms with Gasteiger partial charge in [-0.1, -0.05) is 13.3 Å². The number of carbonyl (C=O) groups is 3. The Labute approximate surface area is 186 Å². The monoisotopic (exact) mass is 442 g/mol. The average molecular weight is 443 g/mol. The lowest BCUT2D eigenvalue weighted by atomic mass is 9.97. The Balaban J connectivity index is 2.85. The van der Waals surface area contributed by atoms with Crippen LogP contribution in [0.5, 0.6) is 0 Å². The van der Waals surface area contributed by atoms with Crippen molar-refractivity contribution in [2.24, 2.45) is 5.73 Å². The van der Waals surface area contributed by atoms with E-state index < -0.39 is 29.5 Å². The molecule has 9 nitrogen and oxygen atoms in total. The van der Waals surface area contributed by atoms with Crippen molar-refractivity contribution in [1.82, 2.24) is 14.7 Å². The van der Waals surface area contributed by atoms with E-state index in [-0.39, 0.29) is 18.9 Å². The van der Waals surface area contributed by atoms with Gasteiger partial charge in [0.1, 0.15) is 12.1 Å². The highest BCUT2D eigenvalue weighted by atomic mass is 16.5. The quantitative estimate of drug-likeness (QED) is 0.403. The number of hydrogen-bond donors (Lipinski definition) is 2. The first-order valence-electron chi connectivity index (χ1n) is 11.3. The van der Waals surface area contributed by atoms with Crippen molar-refractivity contribution in [2.45, 2.75) is 77.0 Å². The molecule has 0 spiro atoms. The van der Waals surface area contributed by atoms with Gasteiger partial charge in [0.25, 0.3) is 0 Å². The lowest BCUT2D eigenvalue weighted by molar-refractivity contribution is -0.150. The molecule has 1 fully saturated rings. The van der Waals surface area contributed by atoms with Gasteiger partial charge in [-0.2, -0.15) is 0 Å². The van der Waals surface area contributed by atoms with Gasteiger partial charge >= 0.3 is 0 Å². The van der Waals surface area contributed by atoms with Crippen molar-refractivity contribution in [1.29, 1.82) is 0 Å². The van der Waals surface area contributed by atoms with Crippen LogP contribution in [0, 0.1) is 0 Å². The number of nitrogens with zero attached hydrogens (tertiary/aromatic N) is 3. The number of piperidine rings is 1. The zero-order valence-electron chi connectivity index (χ0n) is 19.9. The van der Waals surface area contributed by atoms with E-state index in [1.165, 1.54) is 36.1 Å². The molecule has 0 aromatic heterocycles. The second kappa shape index (κ2) is 13.0. The van der Waals surface area contributed by atoms with Gasteiger partial charge in [0.15, 0.2) is 0 Å². The molecule has 1 saturated heterocycles. The molecule has 3 N–H and O–H groups in total. The molecule has 2 atom stereocenters. The van der Waals surface area contributed by atoms with Gasteiger partial charge in [-0.15, -0.1) is 0 Å². The topological polar surface area (TPSA) is 116 Å². The third kappa shape index (κ3) is 9.53. The zero-order chi connectivity index (χ0) is 23.6. The van der Waals surface area contributed by atoms with Crippen LogP contribution in [0.25, 0.3) is 0 Å². The van der Waals surface area contributed by atoms with E-state index in [4.69, 9.17) is 10.5 Å². The largest absolute Gasteiger partial charge is 0.390 e. The predicted octanol–water partition coefficient (Wildman–Crippen LogP) is 0.589. The molecule has 3 amide bonds. The molecular weight excluding hydrogens is 400 g/mol. The van der Waals surface area contributed by atoms with Crippen LogP contribution in [0.15, 0.2) is 0 Å². The van der Waals surface area contributed by atoms with Gasteiger partial charge in [0.05, 0.1) is 18.8 Å². The summed E-state index contributed by atoms with van der Waals surface area (Å²) in [4.78, 5) is 42.7. The van der Waals surface area contributed by atoms with Crippen molar-refractivity contribution in [3.63, 3.8) is 0 Å². The molecule has 1 rings (SSSR count). The van der Waals surface area contributed by atoms with Crippen molar-refractivity contribution in [2.75, 3.05) is 46.9 Å². The number of likely N-dealkylation sites (N-methyl/N-ethyl adjacent to an activating group) is 2. The van der Waals surface area contributed by atoms with Gasteiger partial charge in [0.2, 0.25) is 17.7 Å². The maximum absolute atomic E-state index is 13.3. The Bertz CT molecular complexity index is 587. The first kappa shape index (κ1) is 27.3. The molecule has 1 aliphatic rings. The first-order valence-corrected chi connectivity index (χ1v) is 11.3. The molecule has 0 aromatic carbocycles. The zero-order valence-corrected chi connectivity index (χ0v) is 19.9. The van der Waals surface area contributed by atoms with Gasteiger partial charge < -0.3 is 30.3 Å². The minimum atomic E-state index is -1.18. The van der Waals surface area contributed by atoms with Crippen LogP contribution in [-0.2, 0) is 19.1 Å². The molecule has 1 heterocycles. The van der Waals surface area contributed by atoms with E-state index in [0.717, 1.165) is 19.6 Å². The Morgan fingerprint density at radius 1 is 1.10 bits per heavy atom.